The third kappa shape index (κ3) is 3.15. The molecule has 0 spiro atoms. The molecule has 17 heavy (non-hydrogen) atoms. The number of carbonyl (C=O) groups excluding carboxylic acids is 1. The molecular weight excluding hydrogens is 270 g/mol. The minimum Gasteiger partial charge on any atom is -0.351 e. The van der Waals surface area contributed by atoms with Crippen LogP contribution in [0.25, 0.3) is 0 Å². The van der Waals surface area contributed by atoms with Crippen LogP contribution in [0, 0.1) is 0 Å². The fraction of sp³-hybridized carbons (Fsp3) is 0. The number of rotatable bonds is 3. The molecule has 0 aliphatic heterocycles. The van der Waals surface area contributed by atoms with Gasteiger partial charge in [-0.25, -0.2) is 31.5 Å². The third-order valence-corrected chi connectivity index (χ3v) is 4.18. The standard InChI is InChI=1S/C7H9N3O5S2/c8-7(11)10-17(14,15)6-4-2-1-3-5(6)16(9,12)13/h1-4H,(H3,8,10,11)(H2,9,12,13). The van der Waals surface area contributed by atoms with Crippen LogP contribution in [0.4, 0.5) is 4.79 Å². The van der Waals surface area contributed by atoms with E-state index in [9.17, 15) is 21.6 Å². The normalized spacial score (nSPS) is 12.1. The molecule has 2 amide bonds. The molecule has 8 nitrogen and oxygen atoms in total. The fourth-order valence-corrected chi connectivity index (χ4v) is 3.35. The molecular formula is C7H9N3O5S2. The molecule has 1 aromatic rings. The summed E-state index contributed by atoms with van der Waals surface area (Å²) in [6.07, 6.45) is 0. The van der Waals surface area contributed by atoms with Gasteiger partial charge in [0.25, 0.3) is 10.0 Å². The summed E-state index contributed by atoms with van der Waals surface area (Å²) in [5.74, 6) is 0. The summed E-state index contributed by atoms with van der Waals surface area (Å²) < 4.78 is 46.9. The first-order chi connectivity index (χ1) is 7.64. The van der Waals surface area contributed by atoms with Crippen molar-refractivity contribution in [1.29, 1.82) is 0 Å². The minimum atomic E-state index is -4.36. The molecule has 10 heteroatoms. The minimum absolute atomic E-state index is 0.617. The summed E-state index contributed by atoms with van der Waals surface area (Å²) in [5, 5.41) is 4.85. The predicted octanol–water partition coefficient (Wildman–Crippen LogP) is -1.31. The van der Waals surface area contributed by atoms with Gasteiger partial charge in [-0.15, -0.1) is 0 Å². The zero-order chi connectivity index (χ0) is 13.3. The maximum absolute atomic E-state index is 11.6. The van der Waals surface area contributed by atoms with Gasteiger partial charge in [-0.2, -0.15) is 0 Å². The lowest BCUT2D eigenvalue weighted by atomic mass is 10.4. The van der Waals surface area contributed by atoms with Crippen LogP contribution < -0.4 is 15.6 Å². The van der Waals surface area contributed by atoms with Crippen LogP contribution in [0.2, 0.25) is 0 Å². The van der Waals surface area contributed by atoms with Crippen LogP contribution in [-0.2, 0) is 20.0 Å². The topological polar surface area (TPSA) is 149 Å². The van der Waals surface area contributed by atoms with E-state index >= 15 is 0 Å². The van der Waals surface area contributed by atoms with Gasteiger partial charge < -0.3 is 5.73 Å². The van der Waals surface area contributed by atoms with Crippen molar-refractivity contribution in [3.8, 4) is 0 Å². The number of hydrogen-bond acceptors (Lipinski definition) is 5. The Bertz CT molecular complexity index is 650. The fourth-order valence-electron chi connectivity index (χ4n) is 1.09. The van der Waals surface area contributed by atoms with Crippen molar-refractivity contribution in [2.75, 3.05) is 0 Å². The number of amides is 2. The SMILES string of the molecule is NC(=O)NS(=O)(=O)c1ccccc1S(N)(=O)=O. The maximum atomic E-state index is 11.6. The van der Waals surface area contributed by atoms with E-state index in [-0.39, 0.29) is 0 Å². The zero-order valence-corrected chi connectivity index (χ0v) is 9.95. The Hall–Kier alpha value is -1.65. The monoisotopic (exact) mass is 279 g/mol. The number of benzene rings is 1. The maximum Gasteiger partial charge on any atom is 0.326 e. The lowest BCUT2D eigenvalue weighted by Crippen LogP contribution is -2.35. The van der Waals surface area contributed by atoms with Crippen molar-refractivity contribution < 1.29 is 21.6 Å². The first kappa shape index (κ1) is 13.4. The molecule has 0 saturated carbocycles. The van der Waals surface area contributed by atoms with Gasteiger partial charge in [-0.05, 0) is 12.1 Å². The lowest BCUT2D eigenvalue weighted by Gasteiger charge is -2.08. The Balaban J connectivity index is 3.48. The van der Waals surface area contributed by atoms with E-state index in [1.54, 1.807) is 0 Å². The number of hydrogen-bond donors (Lipinski definition) is 3. The summed E-state index contributed by atoms with van der Waals surface area (Å²) in [6, 6.07) is 3.25. The van der Waals surface area contributed by atoms with E-state index in [0.717, 1.165) is 12.1 Å². The van der Waals surface area contributed by atoms with Gasteiger partial charge in [0.1, 0.15) is 9.79 Å². The molecule has 94 valence electrons. The molecule has 0 unspecified atom stereocenters. The second-order valence-electron chi connectivity index (χ2n) is 2.96. The van der Waals surface area contributed by atoms with Gasteiger partial charge in [-0.1, -0.05) is 12.1 Å². The van der Waals surface area contributed by atoms with E-state index in [1.807, 2.05) is 0 Å². The lowest BCUT2D eigenvalue weighted by molar-refractivity contribution is 0.253. The quantitative estimate of drug-likeness (QED) is 0.627. The van der Waals surface area contributed by atoms with Crippen LogP contribution >= 0.6 is 0 Å². The van der Waals surface area contributed by atoms with E-state index in [4.69, 9.17) is 5.14 Å². The Morgan fingerprint density at radius 3 is 1.94 bits per heavy atom. The highest BCUT2D eigenvalue weighted by Gasteiger charge is 2.24. The van der Waals surface area contributed by atoms with Crippen LogP contribution in [0.15, 0.2) is 34.1 Å². The van der Waals surface area contributed by atoms with E-state index in [1.165, 1.54) is 16.9 Å². The molecule has 1 aromatic carbocycles. The van der Waals surface area contributed by atoms with Crippen molar-refractivity contribution in [3.63, 3.8) is 0 Å². The molecule has 5 N–H and O–H groups in total. The molecule has 0 fully saturated rings. The number of sulfonamides is 2. The summed E-state index contributed by atoms with van der Waals surface area (Å²) >= 11 is 0. The van der Waals surface area contributed by atoms with Crippen LogP contribution in [0.1, 0.15) is 0 Å². The van der Waals surface area contributed by atoms with Gasteiger partial charge in [0.2, 0.25) is 10.0 Å². The van der Waals surface area contributed by atoms with Gasteiger partial charge in [0.15, 0.2) is 0 Å². The predicted molar refractivity (Wildman–Crippen MR) is 57.7 cm³/mol. The van der Waals surface area contributed by atoms with E-state index in [0.29, 0.717) is 0 Å². The van der Waals surface area contributed by atoms with Crippen molar-refractivity contribution in [2.45, 2.75) is 9.79 Å². The summed E-state index contributed by atoms with van der Waals surface area (Å²) in [4.78, 5) is 9.25. The molecule has 0 heterocycles. The van der Waals surface area contributed by atoms with Gasteiger partial charge in [0.05, 0.1) is 0 Å². The molecule has 0 saturated heterocycles. The number of carbonyl (C=O) groups is 1. The van der Waals surface area contributed by atoms with Crippen LogP contribution in [0.3, 0.4) is 0 Å². The molecule has 0 aliphatic rings. The number of primary sulfonamides is 1. The molecule has 0 atom stereocenters. The second kappa shape index (κ2) is 4.31. The Kier molecular flexibility index (Phi) is 3.40. The number of nitrogens with one attached hydrogen (secondary N) is 1. The highest BCUT2D eigenvalue weighted by Crippen LogP contribution is 2.18. The van der Waals surface area contributed by atoms with Crippen LogP contribution in [0.5, 0.6) is 0 Å². The molecule has 0 aromatic heterocycles. The second-order valence-corrected chi connectivity index (χ2v) is 6.14. The van der Waals surface area contributed by atoms with Crippen molar-refractivity contribution >= 4 is 26.1 Å². The number of urea groups is 1. The summed E-state index contributed by atoms with van der Waals surface area (Å²) in [7, 11) is -8.58. The highest BCUT2D eigenvalue weighted by molar-refractivity contribution is 7.92. The van der Waals surface area contributed by atoms with Gasteiger partial charge in [-0.3, -0.25) is 0 Å². The highest BCUT2D eigenvalue weighted by atomic mass is 32.2. The zero-order valence-electron chi connectivity index (χ0n) is 8.32. The van der Waals surface area contributed by atoms with E-state index in [2.05, 4.69) is 5.73 Å². The van der Waals surface area contributed by atoms with Crippen molar-refractivity contribution in [3.05, 3.63) is 24.3 Å². The molecule has 0 bridgehead atoms. The molecule has 0 radical (unpaired) electrons. The molecule has 0 aliphatic carbocycles. The van der Waals surface area contributed by atoms with Gasteiger partial charge in [0, 0.05) is 0 Å². The van der Waals surface area contributed by atoms with E-state index < -0.39 is 35.9 Å². The first-order valence-electron chi connectivity index (χ1n) is 4.08. The van der Waals surface area contributed by atoms with Crippen molar-refractivity contribution in [2.24, 2.45) is 10.9 Å². The Labute approximate surface area is 97.7 Å². The average Bonchev–Trinajstić information content (AvgIpc) is 2.14. The number of primary amides is 1. The summed E-state index contributed by atoms with van der Waals surface area (Å²) in [6.45, 7) is 0. The third-order valence-electron chi connectivity index (χ3n) is 1.68. The smallest absolute Gasteiger partial charge is 0.326 e. The Morgan fingerprint density at radius 1 is 1.06 bits per heavy atom. The number of nitrogens with two attached hydrogens (primary N) is 2. The molecule has 1 rings (SSSR count). The van der Waals surface area contributed by atoms with Gasteiger partial charge >= 0.3 is 6.03 Å². The van der Waals surface area contributed by atoms with Crippen LogP contribution in [-0.4, -0.2) is 22.9 Å². The summed E-state index contributed by atoms with van der Waals surface area (Å²) in [5.41, 5.74) is 4.67. The Morgan fingerprint density at radius 2 is 1.53 bits per heavy atom. The largest absolute Gasteiger partial charge is 0.351 e. The average molecular weight is 279 g/mol. The first-order valence-corrected chi connectivity index (χ1v) is 7.11. The van der Waals surface area contributed by atoms with Crippen molar-refractivity contribution in [1.82, 2.24) is 4.72 Å².